The molecule has 9 nitrogen and oxygen atoms in total. The van der Waals surface area contributed by atoms with Crippen LogP contribution in [0.3, 0.4) is 0 Å². The topological polar surface area (TPSA) is 137 Å². The average molecular weight is 503 g/mol. The summed E-state index contributed by atoms with van der Waals surface area (Å²) in [4.78, 5) is 37.7. The number of ether oxygens (including phenoxy) is 1. The van der Waals surface area contributed by atoms with Crippen LogP contribution in [0.1, 0.15) is 16.7 Å². The van der Waals surface area contributed by atoms with Crippen molar-refractivity contribution in [2.75, 3.05) is 6.54 Å². The molecule has 0 aliphatic rings. The smallest absolute Gasteiger partial charge is 0.445 e. The van der Waals surface area contributed by atoms with Gasteiger partial charge in [-0.2, -0.15) is 0 Å². The van der Waals surface area contributed by atoms with Crippen molar-refractivity contribution in [3.05, 3.63) is 108 Å². The van der Waals surface area contributed by atoms with Gasteiger partial charge < -0.3 is 30.7 Å². The molecule has 3 rings (SSSR count). The van der Waals surface area contributed by atoms with E-state index in [1.807, 2.05) is 78.9 Å². The Morgan fingerprint density at radius 3 is 1.78 bits per heavy atom. The van der Waals surface area contributed by atoms with Crippen molar-refractivity contribution in [1.29, 1.82) is 0 Å². The zero-order valence-electron chi connectivity index (χ0n) is 20.2. The van der Waals surface area contributed by atoms with Crippen LogP contribution in [0.15, 0.2) is 91.0 Å². The molecule has 3 amide bonds. The van der Waals surface area contributed by atoms with E-state index in [-0.39, 0.29) is 19.4 Å². The second-order valence-electron chi connectivity index (χ2n) is 8.44. The maximum absolute atomic E-state index is 13.1. The number of benzene rings is 3. The summed E-state index contributed by atoms with van der Waals surface area (Å²) in [7, 11) is -1.81. The minimum absolute atomic E-state index is 0.0552. The molecule has 5 N–H and O–H groups in total. The Labute approximate surface area is 216 Å². The van der Waals surface area contributed by atoms with Gasteiger partial charge in [-0.05, 0) is 23.1 Å². The predicted octanol–water partition coefficient (Wildman–Crippen LogP) is 1.38. The molecule has 192 valence electrons. The Kier molecular flexibility index (Phi) is 10.7. The van der Waals surface area contributed by atoms with Gasteiger partial charge in [0.25, 0.3) is 0 Å². The van der Waals surface area contributed by atoms with E-state index in [9.17, 15) is 24.4 Å². The van der Waals surface area contributed by atoms with Gasteiger partial charge in [0.15, 0.2) is 0 Å². The molecular formula is C27H30BN3O6. The van der Waals surface area contributed by atoms with Crippen LogP contribution in [0.4, 0.5) is 4.79 Å². The predicted molar refractivity (Wildman–Crippen MR) is 139 cm³/mol. The number of hydrogen-bond acceptors (Lipinski definition) is 6. The first-order valence-corrected chi connectivity index (χ1v) is 11.9. The van der Waals surface area contributed by atoms with Crippen molar-refractivity contribution in [3.8, 4) is 0 Å². The largest absolute Gasteiger partial charge is 0.475 e. The third-order valence-electron chi connectivity index (χ3n) is 5.53. The lowest BCUT2D eigenvalue weighted by atomic mass is 9.75. The van der Waals surface area contributed by atoms with Crippen LogP contribution in [-0.4, -0.2) is 53.6 Å². The van der Waals surface area contributed by atoms with Crippen LogP contribution >= 0.6 is 0 Å². The molecule has 37 heavy (non-hydrogen) atoms. The monoisotopic (exact) mass is 503 g/mol. The Morgan fingerprint density at radius 2 is 1.24 bits per heavy atom. The van der Waals surface area contributed by atoms with Crippen molar-refractivity contribution in [2.24, 2.45) is 0 Å². The van der Waals surface area contributed by atoms with E-state index in [0.717, 1.165) is 16.7 Å². The SMILES string of the molecule is O=C(CNC(=O)OCc1ccccc1)N[C@@H](Cc1ccccc1)C(=O)N[C@@H](Cc1ccccc1)B(O)O. The summed E-state index contributed by atoms with van der Waals surface area (Å²) >= 11 is 0. The zero-order chi connectivity index (χ0) is 26.5. The summed E-state index contributed by atoms with van der Waals surface area (Å²) in [6.45, 7) is -0.345. The summed E-state index contributed by atoms with van der Waals surface area (Å²) in [5.74, 6) is -2.18. The molecule has 0 bridgehead atoms. The van der Waals surface area contributed by atoms with Crippen molar-refractivity contribution >= 4 is 25.0 Å². The minimum atomic E-state index is -1.81. The Balaban J connectivity index is 1.59. The molecule has 0 saturated carbocycles. The van der Waals surface area contributed by atoms with Crippen LogP contribution in [-0.2, 0) is 33.8 Å². The van der Waals surface area contributed by atoms with Crippen LogP contribution in [0.2, 0.25) is 0 Å². The lowest BCUT2D eigenvalue weighted by Gasteiger charge is -2.23. The molecule has 0 aliphatic heterocycles. The third-order valence-corrected chi connectivity index (χ3v) is 5.53. The molecule has 0 aromatic heterocycles. The van der Waals surface area contributed by atoms with E-state index in [2.05, 4.69) is 16.0 Å². The van der Waals surface area contributed by atoms with Crippen LogP contribution < -0.4 is 16.0 Å². The molecule has 0 fully saturated rings. The lowest BCUT2D eigenvalue weighted by molar-refractivity contribution is -0.128. The number of carbonyl (C=O) groups is 3. The maximum atomic E-state index is 13.1. The fourth-order valence-corrected chi connectivity index (χ4v) is 3.61. The van der Waals surface area contributed by atoms with Gasteiger partial charge >= 0.3 is 13.2 Å². The molecule has 10 heteroatoms. The van der Waals surface area contributed by atoms with E-state index >= 15 is 0 Å². The highest BCUT2D eigenvalue weighted by molar-refractivity contribution is 6.43. The molecule has 0 unspecified atom stereocenters. The van der Waals surface area contributed by atoms with Crippen LogP contribution in [0.5, 0.6) is 0 Å². The van der Waals surface area contributed by atoms with Crippen molar-refractivity contribution in [2.45, 2.75) is 31.4 Å². The maximum Gasteiger partial charge on any atom is 0.475 e. The fraction of sp³-hybridized carbons (Fsp3) is 0.222. The van der Waals surface area contributed by atoms with E-state index in [1.54, 1.807) is 12.1 Å². The molecule has 0 spiro atoms. The van der Waals surface area contributed by atoms with E-state index < -0.39 is 43.6 Å². The number of rotatable bonds is 12. The summed E-state index contributed by atoms with van der Waals surface area (Å²) in [6.07, 6.45) is -0.420. The second kappa shape index (κ2) is 14.4. The van der Waals surface area contributed by atoms with Crippen molar-refractivity contribution in [3.63, 3.8) is 0 Å². The lowest BCUT2D eigenvalue weighted by Crippen LogP contribution is -2.56. The highest BCUT2D eigenvalue weighted by Gasteiger charge is 2.29. The Morgan fingerprint density at radius 1 is 0.730 bits per heavy atom. The molecule has 2 atom stereocenters. The van der Waals surface area contributed by atoms with Gasteiger partial charge in [0.2, 0.25) is 11.8 Å². The average Bonchev–Trinajstić information content (AvgIpc) is 2.91. The Hall–Kier alpha value is -4.15. The molecule has 3 aromatic carbocycles. The first kappa shape index (κ1) is 27.4. The number of hydrogen-bond donors (Lipinski definition) is 5. The van der Waals surface area contributed by atoms with Gasteiger partial charge in [-0.25, -0.2) is 4.79 Å². The van der Waals surface area contributed by atoms with Gasteiger partial charge in [0.1, 0.15) is 19.2 Å². The van der Waals surface area contributed by atoms with E-state index in [1.165, 1.54) is 0 Å². The standard InChI is InChI=1S/C27H30BN3O6/c32-25(18-29-27(34)37-19-22-14-8-3-9-15-22)30-23(16-20-10-4-1-5-11-20)26(33)31-24(28(35)36)17-21-12-6-2-7-13-21/h1-15,23-24,35-36H,16-19H2,(H,29,34)(H,30,32)(H,31,33)/t23-,24-/m0/s1. The minimum Gasteiger partial charge on any atom is -0.445 e. The molecule has 0 aliphatic carbocycles. The molecule has 3 aromatic rings. The summed E-state index contributed by atoms with van der Waals surface area (Å²) in [5, 5.41) is 27.3. The first-order chi connectivity index (χ1) is 17.9. The summed E-state index contributed by atoms with van der Waals surface area (Å²) in [6, 6.07) is 26.3. The normalized spacial score (nSPS) is 12.1. The van der Waals surface area contributed by atoms with E-state index in [4.69, 9.17) is 4.74 Å². The highest BCUT2D eigenvalue weighted by atomic mass is 16.5. The third kappa shape index (κ3) is 9.79. The van der Waals surface area contributed by atoms with Gasteiger partial charge in [0.05, 0.1) is 5.94 Å². The summed E-state index contributed by atoms with van der Waals surface area (Å²) < 4.78 is 5.10. The van der Waals surface area contributed by atoms with Gasteiger partial charge in [-0.3, -0.25) is 9.59 Å². The van der Waals surface area contributed by atoms with Gasteiger partial charge in [-0.1, -0.05) is 91.0 Å². The first-order valence-electron chi connectivity index (χ1n) is 11.9. The van der Waals surface area contributed by atoms with E-state index in [0.29, 0.717) is 0 Å². The fourth-order valence-electron chi connectivity index (χ4n) is 3.61. The second-order valence-corrected chi connectivity index (χ2v) is 8.44. The number of carbonyl (C=O) groups excluding carboxylic acids is 3. The van der Waals surface area contributed by atoms with Crippen LogP contribution in [0.25, 0.3) is 0 Å². The van der Waals surface area contributed by atoms with Gasteiger partial charge in [0, 0.05) is 6.42 Å². The highest BCUT2D eigenvalue weighted by Crippen LogP contribution is 2.07. The zero-order valence-corrected chi connectivity index (χ0v) is 20.2. The van der Waals surface area contributed by atoms with Gasteiger partial charge in [-0.15, -0.1) is 0 Å². The molecular weight excluding hydrogens is 473 g/mol. The Bertz CT molecular complexity index is 1130. The number of alkyl carbamates (subject to hydrolysis) is 1. The molecule has 0 heterocycles. The summed E-state index contributed by atoms with van der Waals surface area (Å²) in [5.41, 5.74) is 2.41. The number of amides is 3. The van der Waals surface area contributed by atoms with Crippen LogP contribution in [0, 0.1) is 0 Å². The quantitative estimate of drug-likeness (QED) is 0.237. The molecule has 0 saturated heterocycles. The number of nitrogens with one attached hydrogen (secondary N) is 3. The molecule has 0 radical (unpaired) electrons. The van der Waals surface area contributed by atoms with Crippen molar-refractivity contribution < 1.29 is 29.2 Å². The van der Waals surface area contributed by atoms with Crippen molar-refractivity contribution in [1.82, 2.24) is 16.0 Å².